The maximum atomic E-state index is 12.7. The molecule has 2 aromatic carbocycles. The molecule has 3 nitrogen and oxygen atoms in total. The van der Waals surface area contributed by atoms with Gasteiger partial charge in [0.1, 0.15) is 5.75 Å². The van der Waals surface area contributed by atoms with Crippen LogP contribution in [0.3, 0.4) is 0 Å². The number of rotatable bonds is 4. The van der Waals surface area contributed by atoms with Gasteiger partial charge in [0.15, 0.2) is 5.78 Å². The number of methoxy groups -OCH3 is 1. The first-order valence-corrected chi connectivity index (χ1v) is 9.41. The highest BCUT2D eigenvalue weighted by atomic mass is 16.5. The van der Waals surface area contributed by atoms with Crippen LogP contribution >= 0.6 is 0 Å². The number of benzene rings is 2. The number of piperidine rings is 1. The van der Waals surface area contributed by atoms with Crippen molar-refractivity contribution in [2.24, 2.45) is 5.92 Å². The molecule has 0 aromatic heterocycles. The second-order valence-corrected chi connectivity index (χ2v) is 7.32. The van der Waals surface area contributed by atoms with E-state index in [4.69, 9.17) is 4.74 Å². The lowest BCUT2D eigenvalue weighted by molar-refractivity contribution is 0.103. The number of hydrogen-bond acceptors (Lipinski definition) is 3. The zero-order valence-corrected chi connectivity index (χ0v) is 15.3. The van der Waals surface area contributed by atoms with Crippen molar-refractivity contribution in [1.29, 1.82) is 0 Å². The Kier molecular flexibility index (Phi) is 4.89. The van der Waals surface area contributed by atoms with E-state index >= 15 is 0 Å². The van der Waals surface area contributed by atoms with Crippen LogP contribution in [0.1, 0.15) is 34.3 Å². The van der Waals surface area contributed by atoms with Crippen LogP contribution in [0.15, 0.2) is 60.2 Å². The van der Waals surface area contributed by atoms with Gasteiger partial charge in [0.25, 0.3) is 0 Å². The molecular weight excluding hydrogens is 322 g/mol. The Hall–Kier alpha value is -2.39. The number of likely N-dealkylation sites (tertiary alicyclic amines) is 1. The summed E-state index contributed by atoms with van der Waals surface area (Å²) >= 11 is 0. The second-order valence-electron chi connectivity index (χ2n) is 7.32. The summed E-state index contributed by atoms with van der Waals surface area (Å²) in [6, 6.07) is 16.4. The van der Waals surface area contributed by atoms with Crippen LogP contribution in [0.4, 0.5) is 0 Å². The summed E-state index contributed by atoms with van der Waals surface area (Å²) in [5.41, 5.74) is 4.29. The summed E-state index contributed by atoms with van der Waals surface area (Å²) < 4.78 is 5.28. The van der Waals surface area contributed by atoms with Crippen molar-refractivity contribution in [3.8, 4) is 5.75 Å². The van der Waals surface area contributed by atoms with Crippen LogP contribution in [0, 0.1) is 5.92 Å². The van der Waals surface area contributed by atoms with Gasteiger partial charge in [-0.25, -0.2) is 0 Å². The molecule has 0 bridgehead atoms. The Morgan fingerprint density at radius 1 is 1.12 bits per heavy atom. The fourth-order valence-electron chi connectivity index (χ4n) is 4.06. The molecule has 2 aliphatic rings. The molecule has 134 valence electrons. The summed E-state index contributed by atoms with van der Waals surface area (Å²) in [7, 11) is 1.67. The van der Waals surface area contributed by atoms with Crippen molar-refractivity contribution in [2.75, 3.05) is 20.2 Å². The number of hydrogen-bond donors (Lipinski definition) is 0. The number of Topliss-reactive ketones (excluding diaryl/α,β-unsaturated/α-hetero) is 1. The Labute approximate surface area is 155 Å². The number of allylic oxidation sites excluding steroid dienone is 2. The van der Waals surface area contributed by atoms with Crippen LogP contribution < -0.4 is 4.74 Å². The van der Waals surface area contributed by atoms with Gasteiger partial charge in [0.05, 0.1) is 7.11 Å². The zero-order chi connectivity index (χ0) is 17.9. The predicted octanol–water partition coefficient (Wildman–Crippen LogP) is 4.27. The number of carbonyl (C=O) groups is 1. The van der Waals surface area contributed by atoms with Crippen molar-refractivity contribution in [1.82, 2.24) is 4.90 Å². The first-order chi connectivity index (χ1) is 12.7. The Balaban J connectivity index is 1.37. The lowest BCUT2D eigenvalue weighted by Crippen LogP contribution is -2.32. The van der Waals surface area contributed by atoms with Crippen molar-refractivity contribution in [2.45, 2.75) is 25.8 Å². The lowest BCUT2D eigenvalue weighted by Gasteiger charge is -2.30. The second kappa shape index (κ2) is 7.46. The minimum atomic E-state index is 0.203. The van der Waals surface area contributed by atoms with E-state index in [0.717, 1.165) is 61.3 Å². The lowest BCUT2D eigenvalue weighted by atomic mass is 9.93. The quantitative estimate of drug-likeness (QED) is 0.774. The van der Waals surface area contributed by atoms with E-state index in [0.29, 0.717) is 5.92 Å². The Bertz CT molecular complexity index is 817. The molecule has 4 rings (SSSR count). The highest BCUT2D eigenvalue weighted by Crippen LogP contribution is 2.31. The summed E-state index contributed by atoms with van der Waals surface area (Å²) in [6.07, 6.45) is 5.25. The third-order valence-corrected chi connectivity index (χ3v) is 5.55. The molecule has 0 atom stereocenters. The van der Waals surface area contributed by atoms with Crippen LogP contribution in [-0.2, 0) is 13.0 Å². The smallest absolute Gasteiger partial charge is 0.189 e. The monoisotopic (exact) mass is 347 g/mol. The van der Waals surface area contributed by atoms with Crippen LogP contribution in [0.2, 0.25) is 0 Å². The number of carbonyl (C=O) groups excluding carboxylic acids is 1. The highest BCUT2D eigenvalue weighted by Gasteiger charge is 2.27. The molecule has 0 saturated carbocycles. The molecule has 0 unspecified atom stereocenters. The molecule has 1 aliphatic heterocycles. The van der Waals surface area contributed by atoms with E-state index in [1.165, 1.54) is 5.56 Å². The van der Waals surface area contributed by atoms with Gasteiger partial charge in [-0.2, -0.15) is 0 Å². The molecule has 2 aromatic rings. The number of nitrogens with zero attached hydrogens (tertiary/aromatic N) is 1. The summed E-state index contributed by atoms with van der Waals surface area (Å²) in [6.45, 7) is 3.21. The van der Waals surface area contributed by atoms with Gasteiger partial charge < -0.3 is 4.74 Å². The number of fused-ring (bicyclic) bond motifs is 1. The molecule has 26 heavy (non-hydrogen) atoms. The molecule has 1 aliphatic carbocycles. The van der Waals surface area contributed by atoms with Gasteiger partial charge in [-0.3, -0.25) is 9.69 Å². The molecule has 0 spiro atoms. The van der Waals surface area contributed by atoms with Gasteiger partial charge in [0.2, 0.25) is 0 Å². The Morgan fingerprint density at radius 2 is 1.88 bits per heavy atom. The molecule has 0 N–H and O–H groups in total. The molecule has 3 heteroatoms. The fourth-order valence-corrected chi connectivity index (χ4v) is 4.06. The third kappa shape index (κ3) is 3.58. The molecule has 1 heterocycles. The number of ketones is 1. The van der Waals surface area contributed by atoms with Crippen molar-refractivity contribution in [3.63, 3.8) is 0 Å². The van der Waals surface area contributed by atoms with Gasteiger partial charge >= 0.3 is 0 Å². The van der Waals surface area contributed by atoms with Gasteiger partial charge in [-0.15, -0.1) is 0 Å². The van der Waals surface area contributed by atoms with E-state index in [2.05, 4.69) is 41.3 Å². The summed E-state index contributed by atoms with van der Waals surface area (Å²) in [5, 5.41) is 0. The minimum absolute atomic E-state index is 0.203. The third-order valence-electron chi connectivity index (χ3n) is 5.55. The largest absolute Gasteiger partial charge is 0.497 e. The van der Waals surface area contributed by atoms with E-state index in [9.17, 15) is 4.79 Å². The van der Waals surface area contributed by atoms with E-state index in [-0.39, 0.29) is 5.78 Å². The van der Waals surface area contributed by atoms with Crippen LogP contribution in [0.25, 0.3) is 0 Å². The van der Waals surface area contributed by atoms with Crippen molar-refractivity contribution in [3.05, 3.63) is 76.9 Å². The fraction of sp³-hybridized carbons (Fsp3) is 0.348. The molecule has 1 saturated heterocycles. The molecule has 0 radical (unpaired) electrons. The Morgan fingerprint density at radius 3 is 2.62 bits per heavy atom. The average Bonchev–Trinajstić information content (AvgIpc) is 2.99. The standard InChI is InChI=1S/C23H25NO2/c1-26-21-7-8-22-19(15-21)14-20(23(22)25)13-17-9-11-24(12-10-17)16-18-5-3-2-4-6-18/h2-8,13,15,17H,9-12,14,16H2,1H3/b20-13-. The van der Waals surface area contributed by atoms with E-state index in [1.807, 2.05) is 18.2 Å². The van der Waals surface area contributed by atoms with Crippen molar-refractivity contribution < 1.29 is 9.53 Å². The SMILES string of the molecule is COc1ccc2c(c1)C/C(=C/C1CCN(Cc3ccccc3)CC1)C2=O. The topological polar surface area (TPSA) is 29.5 Å². The molecule has 1 fully saturated rings. The zero-order valence-electron chi connectivity index (χ0n) is 15.3. The first kappa shape index (κ1) is 17.0. The van der Waals surface area contributed by atoms with Crippen molar-refractivity contribution >= 4 is 5.78 Å². The first-order valence-electron chi connectivity index (χ1n) is 9.41. The van der Waals surface area contributed by atoms with Crippen LogP contribution in [-0.4, -0.2) is 30.9 Å². The number of ether oxygens (including phenoxy) is 1. The maximum Gasteiger partial charge on any atom is 0.189 e. The van der Waals surface area contributed by atoms with E-state index < -0.39 is 0 Å². The highest BCUT2D eigenvalue weighted by molar-refractivity contribution is 6.13. The van der Waals surface area contributed by atoms with Gasteiger partial charge in [-0.05, 0) is 61.2 Å². The predicted molar refractivity (Wildman–Crippen MR) is 104 cm³/mol. The summed E-state index contributed by atoms with van der Waals surface area (Å²) in [4.78, 5) is 15.2. The van der Waals surface area contributed by atoms with Crippen LogP contribution in [0.5, 0.6) is 5.75 Å². The maximum absolute atomic E-state index is 12.7. The summed E-state index contributed by atoms with van der Waals surface area (Å²) in [5.74, 6) is 1.54. The molecule has 0 amide bonds. The van der Waals surface area contributed by atoms with Gasteiger partial charge in [0, 0.05) is 24.1 Å². The average molecular weight is 347 g/mol. The van der Waals surface area contributed by atoms with E-state index in [1.54, 1.807) is 7.11 Å². The minimum Gasteiger partial charge on any atom is -0.497 e. The normalized spacial score (nSPS) is 19.7. The molecular formula is C23H25NO2. The van der Waals surface area contributed by atoms with Gasteiger partial charge in [-0.1, -0.05) is 36.4 Å².